The minimum Gasteiger partial charge on any atom is -0.337 e. The molecule has 3 aromatic rings. The van der Waals surface area contributed by atoms with Crippen molar-refractivity contribution in [2.24, 2.45) is 0 Å². The number of para-hydroxylation sites is 1. The third-order valence-corrected chi connectivity index (χ3v) is 4.57. The van der Waals surface area contributed by atoms with Gasteiger partial charge in [0.25, 0.3) is 0 Å². The number of H-pyrrole nitrogens is 1. The van der Waals surface area contributed by atoms with E-state index in [1.165, 1.54) is 0 Å². The zero-order valence-corrected chi connectivity index (χ0v) is 12.8. The number of hydrogen-bond donors (Lipinski definition) is 1. The SMILES string of the molecule is CN1CCC(C#N)(c2nc(-c3n[nH]c4ccccc34)no2)CC1. The van der Waals surface area contributed by atoms with Gasteiger partial charge in [-0.3, -0.25) is 5.10 Å². The number of nitrogens with zero attached hydrogens (tertiary/aromatic N) is 5. The fourth-order valence-electron chi connectivity index (χ4n) is 3.02. The molecule has 7 nitrogen and oxygen atoms in total. The molecule has 0 unspecified atom stereocenters. The Balaban J connectivity index is 1.73. The highest BCUT2D eigenvalue weighted by Gasteiger charge is 2.41. The van der Waals surface area contributed by atoms with Gasteiger partial charge in [-0.05, 0) is 39.0 Å². The summed E-state index contributed by atoms with van der Waals surface area (Å²) >= 11 is 0. The largest absolute Gasteiger partial charge is 0.337 e. The molecule has 0 bridgehead atoms. The highest BCUT2D eigenvalue weighted by molar-refractivity contribution is 5.90. The lowest BCUT2D eigenvalue weighted by atomic mass is 9.80. The molecule has 0 atom stereocenters. The Kier molecular flexibility index (Phi) is 3.13. The van der Waals surface area contributed by atoms with Crippen molar-refractivity contribution < 1.29 is 4.52 Å². The molecule has 0 aliphatic carbocycles. The van der Waals surface area contributed by atoms with Gasteiger partial charge < -0.3 is 9.42 Å². The normalized spacial score (nSPS) is 18.1. The Bertz CT molecular complexity index is 881. The Morgan fingerprint density at radius 2 is 2.09 bits per heavy atom. The van der Waals surface area contributed by atoms with E-state index in [0.717, 1.165) is 24.0 Å². The fraction of sp³-hybridized carbons (Fsp3) is 0.375. The Morgan fingerprint density at radius 1 is 1.30 bits per heavy atom. The molecule has 0 saturated carbocycles. The van der Waals surface area contributed by atoms with Crippen LogP contribution < -0.4 is 0 Å². The van der Waals surface area contributed by atoms with Gasteiger partial charge in [-0.2, -0.15) is 15.3 Å². The minimum absolute atomic E-state index is 0.398. The molecule has 7 heteroatoms. The maximum absolute atomic E-state index is 9.67. The van der Waals surface area contributed by atoms with Crippen LogP contribution in [0.4, 0.5) is 0 Å². The van der Waals surface area contributed by atoms with Crippen molar-refractivity contribution in [1.29, 1.82) is 5.26 Å². The summed E-state index contributed by atoms with van der Waals surface area (Å²) < 4.78 is 5.45. The summed E-state index contributed by atoms with van der Waals surface area (Å²) in [4.78, 5) is 6.70. The molecule has 1 aliphatic heterocycles. The van der Waals surface area contributed by atoms with Gasteiger partial charge in [0.15, 0.2) is 0 Å². The van der Waals surface area contributed by atoms with Crippen molar-refractivity contribution in [3.8, 4) is 17.6 Å². The first-order chi connectivity index (χ1) is 11.2. The van der Waals surface area contributed by atoms with Gasteiger partial charge in [0, 0.05) is 5.39 Å². The van der Waals surface area contributed by atoms with Gasteiger partial charge in [-0.25, -0.2) is 0 Å². The van der Waals surface area contributed by atoms with Crippen molar-refractivity contribution in [2.75, 3.05) is 20.1 Å². The molecule has 1 aromatic carbocycles. The van der Waals surface area contributed by atoms with Crippen LogP contribution in [0.5, 0.6) is 0 Å². The van der Waals surface area contributed by atoms with Gasteiger partial charge in [0.05, 0.1) is 11.6 Å². The van der Waals surface area contributed by atoms with Crippen molar-refractivity contribution in [3.63, 3.8) is 0 Å². The smallest absolute Gasteiger partial charge is 0.247 e. The molecule has 1 N–H and O–H groups in total. The molecule has 0 spiro atoms. The maximum atomic E-state index is 9.67. The quantitative estimate of drug-likeness (QED) is 0.779. The number of aromatic amines is 1. The summed E-state index contributed by atoms with van der Waals surface area (Å²) in [6, 6.07) is 10.2. The van der Waals surface area contributed by atoms with Gasteiger partial charge >= 0.3 is 0 Å². The number of hydrogen-bond acceptors (Lipinski definition) is 6. The highest BCUT2D eigenvalue weighted by Crippen LogP contribution is 2.35. The number of aromatic nitrogens is 4. The standard InChI is InChI=1S/C16H16N6O/c1-22-8-6-16(10-17,7-9-22)15-18-14(21-23-15)13-11-4-2-3-5-12(11)19-20-13/h2-5H,6-9H2,1H3,(H,19,20). The van der Waals surface area contributed by atoms with Crippen LogP contribution in [0.2, 0.25) is 0 Å². The summed E-state index contributed by atoms with van der Waals surface area (Å²) in [5.74, 6) is 0.821. The lowest BCUT2D eigenvalue weighted by Crippen LogP contribution is -2.40. The first-order valence-electron chi connectivity index (χ1n) is 7.59. The number of nitriles is 1. The third kappa shape index (κ3) is 2.19. The van der Waals surface area contributed by atoms with E-state index in [0.29, 0.717) is 30.3 Å². The summed E-state index contributed by atoms with van der Waals surface area (Å²) in [5.41, 5.74) is 0.879. The molecule has 0 amide bonds. The summed E-state index contributed by atoms with van der Waals surface area (Å²) in [6.07, 6.45) is 1.39. The predicted molar refractivity (Wildman–Crippen MR) is 83.4 cm³/mol. The van der Waals surface area contributed by atoms with Crippen molar-refractivity contribution in [3.05, 3.63) is 30.2 Å². The molecule has 1 saturated heterocycles. The number of nitrogens with one attached hydrogen (secondary N) is 1. The van der Waals surface area contributed by atoms with Crippen LogP contribution in [0.3, 0.4) is 0 Å². The molecule has 3 heterocycles. The topological polar surface area (TPSA) is 94.6 Å². The fourth-order valence-corrected chi connectivity index (χ4v) is 3.02. The Hall–Kier alpha value is -2.72. The summed E-state index contributed by atoms with van der Waals surface area (Å²) in [6.45, 7) is 1.69. The number of likely N-dealkylation sites (tertiary alicyclic amines) is 1. The Morgan fingerprint density at radius 3 is 2.87 bits per heavy atom. The molecular weight excluding hydrogens is 292 g/mol. The van der Waals surface area contributed by atoms with Crippen LogP contribution in [-0.4, -0.2) is 45.4 Å². The van der Waals surface area contributed by atoms with Crippen LogP contribution in [0.25, 0.3) is 22.4 Å². The van der Waals surface area contributed by atoms with E-state index in [4.69, 9.17) is 4.52 Å². The van der Waals surface area contributed by atoms with E-state index in [1.54, 1.807) is 0 Å². The molecular formula is C16H16N6O. The molecule has 1 fully saturated rings. The Labute approximate surface area is 132 Å². The highest BCUT2D eigenvalue weighted by atomic mass is 16.5. The average molecular weight is 308 g/mol. The zero-order valence-electron chi connectivity index (χ0n) is 12.8. The van der Waals surface area contributed by atoms with Crippen LogP contribution in [0, 0.1) is 11.3 Å². The third-order valence-electron chi connectivity index (χ3n) is 4.57. The zero-order chi connectivity index (χ0) is 15.9. The number of rotatable bonds is 2. The average Bonchev–Trinajstić information content (AvgIpc) is 3.23. The minimum atomic E-state index is -0.691. The molecule has 1 aliphatic rings. The number of piperidine rings is 1. The van der Waals surface area contributed by atoms with E-state index in [2.05, 4.69) is 38.4 Å². The van der Waals surface area contributed by atoms with Crippen LogP contribution in [0.1, 0.15) is 18.7 Å². The van der Waals surface area contributed by atoms with Crippen LogP contribution in [0.15, 0.2) is 28.8 Å². The molecule has 2 aromatic heterocycles. The van der Waals surface area contributed by atoms with E-state index in [1.807, 2.05) is 24.3 Å². The van der Waals surface area contributed by atoms with Crippen LogP contribution in [-0.2, 0) is 5.41 Å². The number of benzene rings is 1. The number of fused-ring (bicyclic) bond motifs is 1. The van der Waals surface area contributed by atoms with Gasteiger partial charge in [0.1, 0.15) is 11.1 Å². The van der Waals surface area contributed by atoms with Gasteiger partial charge in [-0.1, -0.05) is 23.4 Å². The lowest BCUT2D eigenvalue weighted by molar-refractivity contribution is 0.189. The first-order valence-corrected chi connectivity index (χ1v) is 7.59. The van der Waals surface area contributed by atoms with E-state index in [-0.39, 0.29) is 0 Å². The second kappa shape index (κ2) is 5.18. The van der Waals surface area contributed by atoms with Crippen molar-refractivity contribution in [2.45, 2.75) is 18.3 Å². The predicted octanol–water partition coefficient (Wildman–Crippen LogP) is 2.10. The lowest BCUT2D eigenvalue weighted by Gasteiger charge is -2.32. The molecule has 4 rings (SSSR count). The van der Waals surface area contributed by atoms with Crippen molar-refractivity contribution >= 4 is 10.9 Å². The maximum Gasteiger partial charge on any atom is 0.247 e. The monoisotopic (exact) mass is 308 g/mol. The summed E-state index contributed by atoms with van der Waals surface area (Å²) in [5, 5.41) is 21.9. The van der Waals surface area contributed by atoms with E-state index >= 15 is 0 Å². The van der Waals surface area contributed by atoms with Gasteiger partial charge in [-0.15, -0.1) is 0 Å². The second-order valence-corrected chi connectivity index (χ2v) is 6.04. The van der Waals surface area contributed by atoms with Crippen molar-refractivity contribution in [1.82, 2.24) is 25.2 Å². The molecule has 116 valence electrons. The molecule has 0 radical (unpaired) electrons. The van der Waals surface area contributed by atoms with Gasteiger partial charge in [0.2, 0.25) is 11.7 Å². The molecule has 23 heavy (non-hydrogen) atoms. The first kappa shape index (κ1) is 13.9. The summed E-state index contributed by atoms with van der Waals surface area (Å²) in [7, 11) is 2.05. The second-order valence-electron chi connectivity index (χ2n) is 6.04. The van der Waals surface area contributed by atoms with Crippen LogP contribution >= 0.6 is 0 Å². The van der Waals surface area contributed by atoms with E-state index < -0.39 is 5.41 Å². The van der Waals surface area contributed by atoms with E-state index in [9.17, 15) is 5.26 Å².